The fraction of sp³-hybridized carbons (Fsp3) is 0.0159. The summed E-state index contributed by atoms with van der Waals surface area (Å²) in [5.41, 5.74) is 19.6. The maximum atomic E-state index is 2.51. The van der Waals surface area contributed by atoms with Crippen molar-refractivity contribution < 1.29 is 0 Å². The van der Waals surface area contributed by atoms with Gasteiger partial charge in [0.25, 0.3) is 0 Å². The first-order chi connectivity index (χ1) is 32.3. The van der Waals surface area contributed by atoms with Crippen LogP contribution in [0.25, 0.3) is 82.4 Å². The van der Waals surface area contributed by atoms with Gasteiger partial charge in [-0.1, -0.05) is 200 Å². The lowest BCUT2D eigenvalue weighted by atomic mass is 9.70. The highest BCUT2D eigenvalue weighted by molar-refractivity contribution is 6.15. The fourth-order valence-electron chi connectivity index (χ4n) is 11.9. The number of anilines is 3. The van der Waals surface area contributed by atoms with Crippen LogP contribution in [0, 0.1) is 0 Å². The molecule has 0 N–H and O–H groups in total. The molecule has 2 heteroatoms. The first kappa shape index (κ1) is 36.1. The van der Waals surface area contributed by atoms with Crippen molar-refractivity contribution in [3.05, 3.63) is 265 Å². The van der Waals surface area contributed by atoms with E-state index in [1.807, 2.05) is 0 Å². The Bertz CT molecular complexity index is 3810. The van der Waals surface area contributed by atoms with Crippen LogP contribution in [0.15, 0.2) is 243 Å². The van der Waals surface area contributed by atoms with Crippen LogP contribution in [0.4, 0.5) is 17.1 Å². The summed E-state index contributed by atoms with van der Waals surface area (Å²) in [7, 11) is 0. The van der Waals surface area contributed by atoms with Crippen molar-refractivity contribution in [3.63, 3.8) is 0 Å². The van der Waals surface area contributed by atoms with E-state index in [1.165, 1.54) is 110 Å². The number of nitrogens with zero attached hydrogens (tertiary/aromatic N) is 2. The van der Waals surface area contributed by atoms with Crippen molar-refractivity contribution >= 4 is 60.4 Å². The molecule has 0 saturated heterocycles. The van der Waals surface area contributed by atoms with Crippen LogP contribution >= 0.6 is 0 Å². The summed E-state index contributed by atoms with van der Waals surface area (Å²) in [5.74, 6) is 0. The van der Waals surface area contributed by atoms with E-state index in [2.05, 4.69) is 252 Å². The molecule has 0 unspecified atom stereocenters. The molecule has 0 atom stereocenters. The fourth-order valence-corrected chi connectivity index (χ4v) is 11.9. The van der Waals surface area contributed by atoms with E-state index in [0.717, 1.165) is 11.4 Å². The molecule has 2 nitrogen and oxygen atoms in total. The Morgan fingerprint density at radius 1 is 0.277 bits per heavy atom. The van der Waals surface area contributed by atoms with Crippen molar-refractivity contribution in [1.82, 2.24) is 4.57 Å². The quantitative estimate of drug-likeness (QED) is 0.168. The highest BCUT2D eigenvalue weighted by Gasteiger charge is 2.52. The van der Waals surface area contributed by atoms with E-state index in [9.17, 15) is 0 Å². The molecule has 14 rings (SSSR count). The molecule has 302 valence electrons. The summed E-state index contributed by atoms with van der Waals surface area (Å²) >= 11 is 0. The Morgan fingerprint density at radius 3 is 1.38 bits per heavy atom. The summed E-state index contributed by atoms with van der Waals surface area (Å²) in [4.78, 5) is 2.51. The van der Waals surface area contributed by atoms with E-state index >= 15 is 0 Å². The molecule has 11 aromatic carbocycles. The lowest BCUT2D eigenvalue weighted by Gasteiger charge is -2.32. The first-order valence-electron chi connectivity index (χ1n) is 22.6. The van der Waals surface area contributed by atoms with Crippen molar-refractivity contribution in [3.8, 4) is 39.1 Å². The number of para-hydroxylation sites is 3. The molecule has 0 amide bonds. The molecule has 2 aliphatic rings. The van der Waals surface area contributed by atoms with Gasteiger partial charge in [0.1, 0.15) is 0 Å². The Morgan fingerprint density at radius 2 is 0.738 bits per heavy atom. The molecule has 0 radical (unpaired) electrons. The molecule has 12 aromatic rings. The second kappa shape index (κ2) is 13.8. The standard InChI is InChI=1S/C63H40N2/c1-2-19-41(20-3-1)64(61-36-18-33-56-62(61)52-29-10-15-32-55(52)63(56)53-30-13-8-23-46(53)47-24-9-14-31-54(47)63)59-39-37-44(42-21-4-6-25-48(42)59)45-38-40-60(49-26-7-5-22-43(45)49)65-57-34-16-11-27-50(57)51-28-12-17-35-58(51)65/h1-40H. The average Bonchev–Trinajstić information content (AvgIpc) is 3.99. The van der Waals surface area contributed by atoms with Crippen molar-refractivity contribution in [2.45, 2.75) is 5.41 Å². The zero-order valence-corrected chi connectivity index (χ0v) is 35.5. The Balaban J connectivity index is 1.00. The van der Waals surface area contributed by atoms with E-state index in [4.69, 9.17) is 0 Å². The molecule has 1 aromatic heterocycles. The zero-order chi connectivity index (χ0) is 42.6. The third-order valence-corrected chi connectivity index (χ3v) is 14.4. The van der Waals surface area contributed by atoms with Crippen molar-refractivity contribution in [2.24, 2.45) is 0 Å². The highest BCUT2D eigenvalue weighted by atomic mass is 15.1. The minimum absolute atomic E-state index is 0.435. The Hall–Kier alpha value is -8.46. The minimum atomic E-state index is -0.435. The molecule has 1 spiro atoms. The van der Waals surface area contributed by atoms with Crippen molar-refractivity contribution in [2.75, 3.05) is 4.90 Å². The summed E-state index contributed by atoms with van der Waals surface area (Å²) in [6.45, 7) is 0. The predicted molar refractivity (Wildman–Crippen MR) is 272 cm³/mol. The Kier molecular flexibility index (Phi) is 7.64. The smallest absolute Gasteiger partial charge is 0.0726 e. The summed E-state index contributed by atoms with van der Waals surface area (Å²) in [5, 5.41) is 7.38. The van der Waals surface area contributed by atoms with Crippen LogP contribution in [0.1, 0.15) is 22.3 Å². The van der Waals surface area contributed by atoms with Gasteiger partial charge in [0.15, 0.2) is 0 Å². The van der Waals surface area contributed by atoms with Crippen LogP contribution in [-0.4, -0.2) is 4.57 Å². The lowest BCUT2D eigenvalue weighted by molar-refractivity contribution is 0.794. The zero-order valence-electron chi connectivity index (χ0n) is 35.5. The van der Waals surface area contributed by atoms with E-state index in [-0.39, 0.29) is 0 Å². The lowest BCUT2D eigenvalue weighted by Crippen LogP contribution is -2.26. The third kappa shape index (κ3) is 4.88. The molecule has 0 fully saturated rings. The molecule has 1 heterocycles. The summed E-state index contributed by atoms with van der Waals surface area (Å²) < 4.78 is 2.44. The van der Waals surface area contributed by atoms with Gasteiger partial charge >= 0.3 is 0 Å². The molecule has 0 aliphatic heterocycles. The van der Waals surface area contributed by atoms with Gasteiger partial charge in [-0.25, -0.2) is 0 Å². The van der Waals surface area contributed by atoms with E-state index < -0.39 is 5.41 Å². The highest BCUT2D eigenvalue weighted by Crippen LogP contribution is 2.64. The number of rotatable bonds is 5. The molecular formula is C63H40N2. The van der Waals surface area contributed by atoms with Gasteiger partial charge in [-0.05, 0) is 103 Å². The van der Waals surface area contributed by atoms with Gasteiger partial charge in [-0.15, -0.1) is 0 Å². The maximum absolute atomic E-state index is 2.51. The molecule has 2 aliphatic carbocycles. The van der Waals surface area contributed by atoms with Crippen LogP contribution in [0.2, 0.25) is 0 Å². The van der Waals surface area contributed by atoms with Crippen LogP contribution in [-0.2, 0) is 5.41 Å². The largest absolute Gasteiger partial charge is 0.309 e. The molecule has 0 bridgehead atoms. The van der Waals surface area contributed by atoms with Crippen LogP contribution in [0.5, 0.6) is 0 Å². The first-order valence-corrected chi connectivity index (χ1v) is 22.6. The van der Waals surface area contributed by atoms with Gasteiger partial charge in [0.05, 0.1) is 33.5 Å². The third-order valence-electron chi connectivity index (χ3n) is 14.4. The second-order valence-corrected chi connectivity index (χ2v) is 17.5. The summed E-state index contributed by atoms with van der Waals surface area (Å²) in [6, 6.07) is 90.0. The monoisotopic (exact) mass is 824 g/mol. The van der Waals surface area contributed by atoms with Gasteiger partial charge in [0, 0.05) is 32.8 Å². The summed E-state index contributed by atoms with van der Waals surface area (Å²) in [6.07, 6.45) is 0. The van der Waals surface area contributed by atoms with Crippen LogP contribution < -0.4 is 4.90 Å². The van der Waals surface area contributed by atoms with Crippen LogP contribution in [0.3, 0.4) is 0 Å². The number of hydrogen-bond acceptors (Lipinski definition) is 1. The molecule has 65 heavy (non-hydrogen) atoms. The van der Waals surface area contributed by atoms with E-state index in [0.29, 0.717) is 0 Å². The minimum Gasteiger partial charge on any atom is -0.309 e. The number of benzene rings is 11. The van der Waals surface area contributed by atoms with Gasteiger partial charge < -0.3 is 9.47 Å². The van der Waals surface area contributed by atoms with Gasteiger partial charge in [-0.3, -0.25) is 0 Å². The number of aromatic nitrogens is 1. The molecule has 0 saturated carbocycles. The number of fused-ring (bicyclic) bond motifs is 15. The topological polar surface area (TPSA) is 8.17 Å². The molecular weight excluding hydrogens is 785 g/mol. The average molecular weight is 825 g/mol. The Labute approximate surface area is 377 Å². The normalized spacial score (nSPS) is 13.0. The van der Waals surface area contributed by atoms with Gasteiger partial charge in [0.2, 0.25) is 0 Å². The second-order valence-electron chi connectivity index (χ2n) is 17.5. The van der Waals surface area contributed by atoms with Gasteiger partial charge in [-0.2, -0.15) is 0 Å². The number of hydrogen-bond donors (Lipinski definition) is 0. The predicted octanol–water partition coefficient (Wildman–Crippen LogP) is 16.6. The van der Waals surface area contributed by atoms with Crippen molar-refractivity contribution in [1.29, 1.82) is 0 Å². The van der Waals surface area contributed by atoms with E-state index in [1.54, 1.807) is 0 Å². The maximum Gasteiger partial charge on any atom is 0.0726 e. The SMILES string of the molecule is c1ccc(N(c2cccc3c2-c2ccccc2C32c3ccccc3-c3ccccc32)c2ccc(-c3ccc(-n4c5ccccc5c5ccccc54)c4ccccc34)c3ccccc23)cc1.